The fraction of sp³-hybridized carbons (Fsp3) is 0.214. The SMILES string of the molecule is Cc1cc(C)n(CC(=O)Nc2cc(N)ccc2Cl)c(=O)n1. The number of carbonyl (C=O) groups excluding carboxylic acids is 1. The van der Waals surface area contributed by atoms with Gasteiger partial charge in [-0.1, -0.05) is 11.6 Å². The minimum Gasteiger partial charge on any atom is -0.399 e. The highest BCUT2D eigenvalue weighted by atomic mass is 35.5. The molecule has 110 valence electrons. The van der Waals surface area contributed by atoms with Crippen LogP contribution in [-0.4, -0.2) is 15.5 Å². The maximum Gasteiger partial charge on any atom is 0.348 e. The number of hydrogen-bond donors (Lipinski definition) is 2. The van der Waals surface area contributed by atoms with E-state index in [0.29, 0.717) is 27.8 Å². The topological polar surface area (TPSA) is 90.0 Å². The van der Waals surface area contributed by atoms with Gasteiger partial charge >= 0.3 is 5.69 Å². The molecule has 1 amide bonds. The zero-order valence-electron chi connectivity index (χ0n) is 11.7. The molecule has 7 heteroatoms. The number of halogens is 1. The van der Waals surface area contributed by atoms with E-state index in [2.05, 4.69) is 10.3 Å². The average Bonchev–Trinajstić information content (AvgIpc) is 2.38. The highest BCUT2D eigenvalue weighted by molar-refractivity contribution is 6.33. The number of amides is 1. The first-order valence-corrected chi connectivity index (χ1v) is 6.64. The van der Waals surface area contributed by atoms with Gasteiger partial charge in [-0.05, 0) is 38.1 Å². The number of nitrogens with zero attached hydrogens (tertiary/aromatic N) is 2. The lowest BCUT2D eigenvalue weighted by atomic mass is 10.3. The van der Waals surface area contributed by atoms with Crippen molar-refractivity contribution in [2.24, 2.45) is 0 Å². The number of nitrogens with one attached hydrogen (secondary N) is 1. The summed E-state index contributed by atoms with van der Waals surface area (Å²) in [4.78, 5) is 27.6. The molecule has 0 spiro atoms. The van der Waals surface area contributed by atoms with E-state index in [1.165, 1.54) is 4.57 Å². The average molecular weight is 307 g/mol. The molecule has 0 aliphatic carbocycles. The van der Waals surface area contributed by atoms with Crippen LogP contribution in [0.25, 0.3) is 0 Å². The van der Waals surface area contributed by atoms with E-state index in [1.54, 1.807) is 38.1 Å². The van der Waals surface area contributed by atoms with Crippen molar-refractivity contribution in [1.29, 1.82) is 0 Å². The number of rotatable bonds is 3. The van der Waals surface area contributed by atoms with Gasteiger partial charge < -0.3 is 11.1 Å². The van der Waals surface area contributed by atoms with Gasteiger partial charge in [0.2, 0.25) is 5.91 Å². The van der Waals surface area contributed by atoms with Crippen LogP contribution >= 0.6 is 11.6 Å². The smallest absolute Gasteiger partial charge is 0.348 e. The van der Waals surface area contributed by atoms with Crippen LogP contribution in [0.1, 0.15) is 11.4 Å². The Balaban J connectivity index is 2.20. The molecule has 1 aromatic heterocycles. The molecule has 2 aromatic rings. The summed E-state index contributed by atoms with van der Waals surface area (Å²) in [5, 5.41) is 3.01. The number of nitrogens with two attached hydrogens (primary N) is 1. The Kier molecular flexibility index (Phi) is 4.28. The Bertz CT molecular complexity index is 755. The van der Waals surface area contributed by atoms with Gasteiger partial charge in [-0.2, -0.15) is 4.98 Å². The molecule has 0 radical (unpaired) electrons. The normalized spacial score (nSPS) is 10.4. The van der Waals surface area contributed by atoms with Gasteiger partial charge in [-0.3, -0.25) is 9.36 Å². The second kappa shape index (κ2) is 5.97. The molecular formula is C14H15ClN4O2. The second-order valence-corrected chi connectivity index (χ2v) is 5.10. The third-order valence-corrected chi connectivity index (χ3v) is 3.24. The number of carbonyl (C=O) groups is 1. The van der Waals surface area contributed by atoms with Gasteiger partial charge in [0.05, 0.1) is 10.7 Å². The highest BCUT2D eigenvalue weighted by Crippen LogP contribution is 2.23. The first kappa shape index (κ1) is 15.1. The van der Waals surface area contributed by atoms with Crippen molar-refractivity contribution in [3.8, 4) is 0 Å². The lowest BCUT2D eigenvalue weighted by molar-refractivity contribution is -0.116. The minimum absolute atomic E-state index is 0.136. The summed E-state index contributed by atoms with van der Waals surface area (Å²) < 4.78 is 1.29. The largest absolute Gasteiger partial charge is 0.399 e. The van der Waals surface area contributed by atoms with E-state index in [4.69, 9.17) is 17.3 Å². The van der Waals surface area contributed by atoms with Gasteiger partial charge in [-0.15, -0.1) is 0 Å². The van der Waals surface area contributed by atoms with E-state index in [-0.39, 0.29) is 12.5 Å². The van der Waals surface area contributed by atoms with Crippen LogP contribution < -0.4 is 16.7 Å². The van der Waals surface area contributed by atoms with Crippen LogP contribution in [0.2, 0.25) is 5.02 Å². The van der Waals surface area contributed by atoms with Crippen LogP contribution in [0.5, 0.6) is 0 Å². The van der Waals surface area contributed by atoms with Crippen LogP contribution in [0, 0.1) is 13.8 Å². The zero-order chi connectivity index (χ0) is 15.6. The van der Waals surface area contributed by atoms with Crippen molar-refractivity contribution in [2.45, 2.75) is 20.4 Å². The quantitative estimate of drug-likeness (QED) is 0.845. The molecule has 0 unspecified atom stereocenters. The van der Waals surface area contributed by atoms with E-state index < -0.39 is 5.69 Å². The van der Waals surface area contributed by atoms with E-state index in [9.17, 15) is 9.59 Å². The van der Waals surface area contributed by atoms with Crippen molar-refractivity contribution < 1.29 is 4.79 Å². The van der Waals surface area contributed by atoms with Crippen LogP contribution in [0.15, 0.2) is 29.1 Å². The van der Waals surface area contributed by atoms with Crippen LogP contribution in [0.4, 0.5) is 11.4 Å². The Labute approximate surface area is 126 Å². The molecule has 0 atom stereocenters. The van der Waals surface area contributed by atoms with E-state index >= 15 is 0 Å². The Morgan fingerprint density at radius 2 is 2.10 bits per heavy atom. The number of anilines is 2. The maximum atomic E-state index is 12.0. The highest BCUT2D eigenvalue weighted by Gasteiger charge is 2.10. The molecule has 3 N–H and O–H groups in total. The molecule has 0 bridgehead atoms. The monoisotopic (exact) mass is 306 g/mol. The number of hydrogen-bond acceptors (Lipinski definition) is 4. The summed E-state index contributed by atoms with van der Waals surface area (Å²) in [5.41, 5.74) is 7.37. The molecule has 1 heterocycles. The predicted octanol–water partition coefficient (Wildman–Crippen LogP) is 1.73. The van der Waals surface area contributed by atoms with Crippen molar-refractivity contribution >= 4 is 28.9 Å². The lowest BCUT2D eigenvalue weighted by Crippen LogP contribution is -2.31. The standard InChI is InChI=1S/C14H15ClN4O2/c1-8-5-9(2)19(14(21)17-8)7-13(20)18-12-6-10(16)3-4-11(12)15/h3-6H,7,16H2,1-2H3,(H,18,20). The van der Waals surface area contributed by atoms with E-state index in [1.807, 2.05) is 0 Å². The maximum absolute atomic E-state index is 12.0. The molecular weight excluding hydrogens is 292 g/mol. The van der Waals surface area contributed by atoms with Crippen molar-refractivity contribution in [1.82, 2.24) is 9.55 Å². The zero-order valence-corrected chi connectivity index (χ0v) is 12.4. The Morgan fingerprint density at radius 1 is 1.38 bits per heavy atom. The fourth-order valence-corrected chi connectivity index (χ4v) is 2.10. The molecule has 0 aliphatic heterocycles. The van der Waals surface area contributed by atoms with Crippen molar-refractivity contribution in [3.63, 3.8) is 0 Å². The summed E-state index contributed by atoms with van der Waals surface area (Å²) in [6, 6.07) is 6.53. The molecule has 21 heavy (non-hydrogen) atoms. The van der Waals surface area contributed by atoms with Gasteiger partial charge in [0.1, 0.15) is 6.54 Å². The molecule has 1 aromatic carbocycles. The van der Waals surface area contributed by atoms with Gasteiger partial charge in [-0.25, -0.2) is 4.79 Å². The first-order valence-electron chi connectivity index (χ1n) is 6.27. The molecule has 0 saturated carbocycles. The number of aromatic nitrogens is 2. The summed E-state index contributed by atoms with van der Waals surface area (Å²) in [6.45, 7) is 3.34. The van der Waals surface area contributed by atoms with Crippen LogP contribution in [0.3, 0.4) is 0 Å². The third-order valence-electron chi connectivity index (χ3n) is 2.91. The second-order valence-electron chi connectivity index (χ2n) is 4.70. The predicted molar refractivity (Wildman–Crippen MR) is 82.5 cm³/mol. The fourth-order valence-electron chi connectivity index (χ4n) is 1.94. The number of aryl methyl sites for hydroxylation is 2. The lowest BCUT2D eigenvalue weighted by Gasteiger charge is -2.11. The van der Waals surface area contributed by atoms with E-state index in [0.717, 1.165) is 0 Å². The Morgan fingerprint density at radius 3 is 2.76 bits per heavy atom. The van der Waals surface area contributed by atoms with Gasteiger partial charge in [0.15, 0.2) is 0 Å². The first-order chi connectivity index (χ1) is 9.86. The van der Waals surface area contributed by atoms with Crippen LogP contribution in [-0.2, 0) is 11.3 Å². The van der Waals surface area contributed by atoms with Gasteiger partial charge in [0, 0.05) is 17.1 Å². The summed E-state index contributed by atoms with van der Waals surface area (Å²) in [7, 11) is 0. The minimum atomic E-state index is -0.457. The summed E-state index contributed by atoms with van der Waals surface area (Å²) >= 11 is 5.98. The Hall–Kier alpha value is -2.34. The van der Waals surface area contributed by atoms with Gasteiger partial charge in [0.25, 0.3) is 0 Å². The summed E-state index contributed by atoms with van der Waals surface area (Å²) in [6.07, 6.45) is 0. The molecule has 0 saturated heterocycles. The van der Waals surface area contributed by atoms with Crippen molar-refractivity contribution in [3.05, 3.63) is 51.2 Å². The number of benzene rings is 1. The number of nitrogen functional groups attached to an aromatic ring is 1. The summed E-state index contributed by atoms with van der Waals surface area (Å²) in [5.74, 6) is -0.377. The molecule has 6 nitrogen and oxygen atoms in total. The molecule has 0 aliphatic rings. The molecule has 2 rings (SSSR count). The molecule has 0 fully saturated rings. The van der Waals surface area contributed by atoms with Crippen molar-refractivity contribution in [2.75, 3.05) is 11.1 Å². The third kappa shape index (κ3) is 3.61.